The number of hydrogen-bond donors (Lipinski definition) is 0. The summed E-state index contributed by atoms with van der Waals surface area (Å²) in [6, 6.07) is 5.06. The van der Waals surface area contributed by atoms with Gasteiger partial charge in [0.25, 0.3) is 0 Å². The molecule has 0 radical (unpaired) electrons. The van der Waals surface area contributed by atoms with Crippen LogP contribution < -0.4 is 0 Å². The van der Waals surface area contributed by atoms with Crippen LogP contribution >= 0.6 is 27.5 Å². The van der Waals surface area contributed by atoms with E-state index in [2.05, 4.69) is 29.8 Å². The van der Waals surface area contributed by atoms with Crippen LogP contribution in [0, 0.1) is 17.7 Å². The molecule has 0 nitrogen and oxygen atoms in total. The standard InChI is InChI=1S/C13H17BrClF/c1-9(2)5-10(8-15)6-11-7-12(14)3-4-13(11)16/h3-4,7,9-10H,5-6,8H2,1-2H3. The van der Waals surface area contributed by atoms with Gasteiger partial charge in [-0.15, -0.1) is 11.6 Å². The minimum absolute atomic E-state index is 0.137. The summed E-state index contributed by atoms with van der Waals surface area (Å²) >= 11 is 9.28. The smallest absolute Gasteiger partial charge is 0.126 e. The summed E-state index contributed by atoms with van der Waals surface area (Å²) < 4.78 is 14.5. The first-order valence-corrected chi connectivity index (χ1v) is 6.85. The number of rotatable bonds is 5. The van der Waals surface area contributed by atoms with E-state index in [1.54, 1.807) is 6.07 Å². The third kappa shape index (κ3) is 4.42. The predicted molar refractivity (Wildman–Crippen MR) is 71.5 cm³/mol. The van der Waals surface area contributed by atoms with Crippen LogP contribution in [0.3, 0.4) is 0 Å². The summed E-state index contributed by atoms with van der Waals surface area (Å²) in [4.78, 5) is 0. The molecule has 0 spiro atoms. The third-order valence-corrected chi connectivity index (χ3v) is 3.47. The fourth-order valence-electron chi connectivity index (χ4n) is 1.88. The molecule has 0 aromatic heterocycles. The predicted octanol–water partition coefficient (Wildman–Crippen LogP) is 5.03. The normalized spacial score (nSPS) is 13.1. The molecule has 1 rings (SSSR count). The number of alkyl halides is 1. The Labute approximate surface area is 110 Å². The first kappa shape index (κ1) is 14.0. The second-order valence-electron chi connectivity index (χ2n) is 4.59. The second kappa shape index (κ2) is 6.61. The van der Waals surface area contributed by atoms with Crippen molar-refractivity contribution in [1.82, 2.24) is 0 Å². The zero-order valence-corrected chi connectivity index (χ0v) is 12.0. The van der Waals surface area contributed by atoms with Crippen molar-refractivity contribution in [2.75, 3.05) is 5.88 Å². The van der Waals surface area contributed by atoms with Gasteiger partial charge in [0, 0.05) is 10.4 Å². The fourth-order valence-corrected chi connectivity index (χ4v) is 2.52. The molecule has 3 heteroatoms. The Morgan fingerprint density at radius 1 is 1.38 bits per heavy atom. The van der Waals surface area contributed by atoms with Gasteiger partial charge < -0.3 is 0 Å². The van der Waals surface area contributed by atoms with E-state index in [0.29, 0.717) is 24.1 Å². The van der Waals surface area contributed by atoms with Gasteiger partial charge in [0.05, 0.1) is 0 Å². The molecule has 0 aliphatic rings. The number of benzene rings is 1. The van der Waals surface area contributed by atoms with Gasteiger partial charge in [-0.2, -0.15) is 0 Å². The van der Waals surface area contributed by atoms with Gasteiger partial charge in [-0.1, -0.05) is 29.8 Å². The van der Waals surface area contributed by atoms with Crippen molar-refractivity contribution in [3.63, 3.8) is 0 Å². The Bertz CT molecular complexity index is 339. The van der Waals surface area contributed by atoms with Crippen LogP contribution in [-0.4, -0.2) is 5.88 Å². The largest absolute Gasteiger partial charge is 0.207 e. The molecule has 16 heavy (non-hydrogen) atoms. The van der Waals surface area contributed by atoms with Crippen molar-refractivity contribution >= 4 is 27.5 Å². The molecular weight excluding hydrogens is 290 g/mol. The van der Waals surface area contributed by atoms with Gasteiger partial charge in [-0.05, 0) is 48.4 Å². The Balaban J connectivity index is 2.73. The van der Waals surface area contributed by atoms with Crippen LogP contribution in [-0.2, 0) is 6.42 Å². The highest BCUT2D eigenvalue weighted by Crippen LogP contribution is 2.22. The van der Waals surface area contributed by atoms with Crippen molar-refractivity contribution in [1.29, 1.82) is 0 Å². The van der Waals surface area contributed by atoms with E-state index >= 15 is 0 Å². The van der Waals surface area contributed by atoms with Crippen LogP contribution in [0.4, 0.5) is 4.39 Å². The SMILES string of the molecule is CC(C)CC(CCl)Cc1cc(Br)ccc1F. The molecule has 90 valence electrons. The van der Waals surface area contributed by atoms with E-state index in [1.165, 1.54) is 6.07 Å². The molecule has 1 aromatic carbocycles. The summed E-state index contributed by atoms with van der Waals surface area (Å²) in [6.07, 6.45) is 1.75. The summed E-state index contributed by atoms with van der Waals surface area (Å²) in [5.41, 5.74) is 0.751. The van der Waals surface area contributed by atoms with E-state index in [9.17, 15) is 4.39 Å². The van der Waals surface area contributed by atoms with E-state index < -0.39 is 0 Å². The molecule has 0 fully saturated rings. The zero-order valence-electron chi connectivity index (χ0n) is 9.64. The lowest BCUT2D eigenvalue weighted by atomic mass is 9.92. The highest BCUT2D eigenvalue weighted by atomic mass is 79.9. The van der Waals surface area contributed by atoms with E-state index in [4.69, 9.17) is 11.6 Å². The van der Waals surface area contributed by atoms with Gasteiger partial charge in [-0.3, -0.25) is 0 Å². The first-order chi connectivity index (χ1) is 7.52. The third-order valence-electron chi connectivity index (χ3n) is 2.54. The molecule has 1 aromatic rings. The van der Waals surface area contributed by atoms with Gasteiger partial charge in [0.2, 0.25) is 0 Å². The molecule has 0 N–H and O–H groups in total. The van der Waals surface area contributed by atoms with Crippen LogP contribution in [0.5, 0.6) is 0 Å². The molecule has 0 bridgehead atoms. The maximum atomic E-state index is 13.5. The number of halogens is 3. The minimum atomic E-state index is -0.137. The Morgan fingerprint density at radius 2 is 2.06 bits per heavy atom. The summed E-state index contributed by atoms with van der Waals surface area (Å²) in [7, 11) is 0. The first-order valence-electron chi connectivity index (χ1n) is 5.52. The van der Waals surface area contributed by atoms with Crippen molar-refractivity contribution in [2.45, 2.75) is 26.7 Å². The van der Waals surface area contributed by atoms with E-state index in [0.717, 1.165) is 16.5 Å². The minimum Gasteiger partial charge on any atom is -0.207 e. The monoisotopic (exact) mass is 306 g/mol. The lowest BCUT2D eigenvalue weighted by Crippen LogP contribution is -2.10. The van der Waals surface area contributed by atoms with Crippen LogP contribution in [0.15, 0.2) is 22.7 Å². The lowest BCUT2D eigenvalue weighted by molar-refractivity contribution is 0.434. The molecule has 0 heterocycles. The van der Waals surface area contributed by atoms with Gasteiger partial charge in [0.1, 0.15) is 5.82 Å². The Morgan fingerprint density at radius 3 is 2.62 bits per heavy atom. The topological polar surface area (TPSA) is 0 Å². The molecule has 1 atom stereocenters. The average molecular weight is 308 g/mol. The van der Waals surface area contributed by atoms with Gasteiger partial charge in [0.15, 0.2) is 0 Å². The van der Waals surface area contributed by atoms with Gasteiger partial charge >= 0.3 is 0 Å². The fraction of sp³-hybridized carbons (Fsp3) is 0.538. The van der Waals surface area contributed by atoms with Crippen molar-refractivity contribution in [3.8, 4) is 0 Å². The molecule has 0 saturated heterocycles. The Kier molecular flexibility index (Phi) is 5.77. The van der Waals surface area contributed by atoms with Crippen molar-refractivity contribution in [3.05, 3.63) is 34.1 Å². The molecule has 0 amide bonds. The molecule has 0 aliphatic heterocycles. The average Bonchev–Trinajstić information content (AvgIpc) is 2.21. The summed E-state index contributed by atoms with van der Waals surface area (Å²) in [5.74, 6) is 1.40. The maximum absolute atomic E-state index is 13.5. The Hall–Kier alpha value is -0.0800. The quantitative estimate of drug-likeness (QED) is 0.669. The van der Waals surface area contributed by atoms with Gasteiger partial charge in [-0.25, -0.2) is 4.39 Å². The molecule has 0 aliphatic carbocycles. The maximum Gasteiger partial charge on any atom is 0.126 e. The summed E-state index contributed by atoms with van der Waals surface area (Å²) in [6.45, 7) is 4.33. The van der Waals surface area contributed by atoms with Crippen LogP contribution in [0.1, 0.15) is 25.8 Å². The molecule has 0 saturated carbocycles. The van der Waals surface area contributed by atoms with Crippen molar-refractivity contribution in [2.24, 2.45) is 11.8 Å². The molecule has 1 unspecified atom stereocenters. The highest BCUT2D eigenvalue weighted by Gasteiger charge is 2.13. The summed E-state index contributed by atoms with van der Waals surface area (Å²) in [5, 5.41) is 0. The highest BCUT2D eigenvalue weighted by molar-refractivity contribution is 9.10. The van der Waals surface area contributed by atoms with E-state index in [1.807, 2.05) is 6.07 Å². The zero-order chi connectivity index (χ0) is 12.1. The van der Waals surface area contributed by atoms with Crippen LogP contribution in [0.2, 0.25) is 0 Å². The molecular formula is C13H17BrClF. The van der Waals surface area contributed by atoms with E-state index in [-0.39, 0.29) is 5.82 Å². The second-order valence-corrected chi connectivity index (χ2v) is 5.81. The number of hydrogen-bond acceptors (Lipinski definition) is 0. The van der Waals surface area contributed by atoms with Crippen LogP contribution in [0.25, 0.3) is 0 Å². The van der Waals surface area contributed by atoms with Crippen molar-refractivity contribution < 1.29 is 4.39 Å². The lowest BCUT2D eigenvalue weighted by Gasteiger charge is -2.16.